The number of carbonyl (C=O) groups excluding carboxylic acids is 3. The molecule has 2 aliphatic heterocycles. The number of hydrogen-bond acceptors (Lipinski definition) is 6. The minimum Gasteiger partial charge on any atom is -0.294 e. The quantitative estimate of drug-likeness (QED) is 0.418. The van der Waals surface area contributed by atoms with Gasteiger partial charge in [-0.3, -0.25) is 14.5 Å². The number of anilines is 2. The smallest absolute Gasteiger partial charge is 0.294 e. The summed E-state index contributed by atoms with van der Waals surface area (Å²) in [6.45, 7) is 5.25. The molecule has 35 heavy (non-hydrogen) atoms. The molecule has 1 aromatic heterocycles. The van der Waals surface area contributed by atoms with Gasteiger partial charge >= 0.3 is 6.29 Å². The summed E-state index contributed by atoms with van der Waals surface area (Å²) in [6, 6.07) is 7.62. The number of rotatable bonds is 4. The summed E-state index contributed by atoms with van der Waals surface area (Å²) in [5, 5.41) is 0. The number of halogens is 3. The Labute approximate surface area is 208 Å². The van der Waals surface area contributed by atoms with Gasteiger partial charge in [0.1, 0.15) is 11.6 Å². The summed E-state index contributed by atoms with van der Waals surface area (Å²) in [4.78, 5) is 39.7. The Bertz CT molecular complexity index is 1280. The summed E-state index contributed by atoms with van der Waals surface area (Å²) in [5.74, 6) is -0.674. The maximum atomic E-state index is 14.4. The predicted molar refractivity (Wildman–Crippen MR) is 129 cm³/mol. The molecule has 3 heterocycles. The Hall–Kier alpha value is -2.73. The molecule has 0 spiro atoms. The molecule has 1 fully saturated rings. The van der Waals surface area contributed by atoms with Crippen LogP contribution in [0.5, 0.6) is 0 Å². The van der Waals surface area contributed by atoms with Crippen LogP contribution in [0, 0.1) is 11.2 Å². The van der Waals surface area contributed by atoms with E-state index in [1.54, 1.807) is 32.0 Å². The van der Waals surface area contributed by atoms with Gasteiger partial charge in [-0.2, -0.15) is 13.5 Å². The predicted octanol–water partition coefficient (Wildman–Crippen LogP) is 4.73. The number of pyridine rings is 1. The first-order chi connectivity index (χ1) is 15.7. The molecule has 1 aromatic carbocycles. The van der Waals surface area contributed by atoms with Crippen molar-refractivity contribution in [2.75, 3.05) is 16.4 Å². The number of Topliss-reactive ketones (excluding diaryl/α,β-unsaturated/α-hetero) is 1. The van der Waals surface area contributed by atoms with E-state index in [1.807, 2.05) is 6.92 Å². The standard InChI is InChI=1S/C22H23FN2O4S.CF2O.H2S/c1-21(2)15-10-14(18(26)11-22(3)8-9-30(28,29)13-22)12-24-19(15)25(20(21)27)17-7-5-4-6-16(17)23;2-1(3)4;/h4-7,10,12H,8-9,11,13H2,1-3H3;;1H2/t22-;;/m1../s1. The monoisotopic (exact) mass is 530 g/mol. The number of hydrogen-bond donors (Lipinski definition) is 0. The van der Waals surface area contributed by atoms with E-state index in [4.69, 9.17) is 4.79 Å². The average molecular weight is 531 g/mol. The van der Waals surface area contributed by atoms with Crippen LogP contribution in [0.25, 0.3) is 0 Å². The van der Waals surface area contributed by atoms with Gasteiger partial charge in [0.15, 0.2) is 15.6 Å². The van der Waals surface area contributed by atoms with Crippen molar-refractivity contribution in [1.82, 2.24) is 4.98 Å². The van der Waals surface area contributed by atoms with Crippen LogP contribution < -0.4 is 4.90 Å². The molecule has 190 valence electrons. The number of benzene rings is 1. The first-order valence-electron chi connectivity index (χ1n) is 10.4. The van der Waals surface area contributed by atoms with E-state index in [-0.39, 0.29) is 48.8 Å². The fourth-order valence-corrected chi connectivity index (χ4v) is 6.56. The molecule has 0 radical (unpaired) electrons. The molecule has 2 aromatic rings. The molecule has 2 aliphatic rings. The molecule has 0 aliphatic carbocycles. The highest BCUT2D eigenvalue weighted by atomic mass is 32.2. The Balaban J connectivity index is 0.000000804. The van der Waals surface area contributed by atoms with Crippen LogP contribution in [-0.2, 0) is 20.0 Å². The third-order valence-corrected chi connectivity index (χ3v) is 8.04. The van der Waals surface area contributed by atoms with Crippen molar-refractivity contribution in [2.45, 2.75) is 39.0 Å². The summed E-state index contributed by atoms with van der Waals surface area (Å²) in [5.41, 5.74) is -0.591. The number of sulfone groups is 1. The zero-order valence-electron chi connectivity index (χ0n) is 19.3. The second-order valence-electron chi connectivity index (χ2n) is 9.29. The molecule has 1 saturated heterocycles. The second-order valence-corrected chi connectivity index (χ2v) is 11.5. The van der Waals surface area contributed by atoms with Crippen LogP contribution in [0.15, 0.2) is 36.5 Å². The van der Waals surface area contributed by atoms with Crippen molar-refractivity contribution < 1.29 is 36.0 Å². The van der Waals surface area contributed by atoms with Gasteiger partial charge < -0.3 is 0 Å². The van der Waals surface area contributed by atoms with Crippen molar-refractivity contribution in [2.24, 2.45) is 5.41 Å². The van der Waals surface area contributed by atoms with Crippen molar-refractivity contribution in [3.05, 3.63) is 53.5 Å². The fraction of sp³-hybridized carbons (Fsp3) is 0.391. The zero-order valence-corrected chi connectivity index (χ0v) is 21.1. The third-order valence-electron chi connectivity index (χ3n) is 6.08. The summed E-state index contributed by atoms with van der Waals surface area (Å²) < 4.78 is 57.4. The second kappa shape index (κ2) is 10.1. The van der Waals surface area contributed by atoms with Crippen molar-refractivity contribution in [3.8, 4) is 0 Å². The van der Waals surface area contributed by atoms with Crippen LogP contribution in [-0.4, -0.2) is 42.9 Å². The Kier molecular flexibility index (Phi) is 8.22. The van der Waals surface area contributed by atoms with Crippen molar-refractivity contribution in [1.29, 1.82) is 0 Å². The molecular weight excluding hydrogens is 505 g/mol. The van der Waals surface area contributed by atoms with Gasteiger partial charge in [0, 0.05) is 23.7 Å². The van der Waals surface area contributed by atoms with E-state index in [9.17, 15) is 31.2 Å². The number of aromatic nitrogens is 1. The summed E-state index contributed by atoms with van der Waals surface area (Å²) in [7, 11) is -3.11. The molecule has 1 amide bonds. The van der Waals surface area contributed by atoms with Crippen LogP contribution in [0.3, 0.4) is 0 Å². The molecule has 0 bridgehead atoms. The lowest BCUT2D eigenvalue weighted by Gasteiger charge is -2.21. The largest absolute Gasteiger partial charge is 0.483 e. The lowest BCUT2D eigenvalue weighted by atomic mass is 9.82. The van der Waals surface area contributed by atoms with E-state index in [1.165, 1.54) is 23.2 Å². The average Bonchev–Trinajstić information content (AvgIpc) is 3.11. The highest BCUT2D eigenvalue weighted by Gasteiger charge is 2.47. The molecular formula is C23H25F3N2O5S2. The number of para-hydroxylation sites is 1. The Morgan fingerprint density at radius 2 is 1.74 bits per heavy atom. The lowest BCUT2D eigenvalue weighted by Crippen LogP contribution is -2.33. The maximum Gasteiger partial charge on any atom is 0.483 e. The molecule has 0 saturated carbocycles. The van der Waals surface area contributed by atoms with Gasteiger partial charge in [0.2, 0.25) is 5.91 Å². The van der Waals surface area contributed by atoms with Gasteiger partial charge in [0.05, 0.1) is 22.6 Å². The fourth-order valence-electron chi connectivity index (χ4n) is 4.30. The molecule has 12 heteroatoms. The third kappa shape index (κ3) is 5.92. The van der Waals surface area contributed by atoms with Gasteiger partial charge in [-0.1, -0.05) is 19.1 Å². The van der Waals surface area contributed by atoms with E-state index in [0.717, 1.165) is 0 Å². The van der Waals surface area contributed by atoms with Gasteiger partial charge in [0.25, 0.3) is 0 Å². The van der Waals surface area contributed by atoms with E-state index < -0.39 is 32.8 Å². The van der Waals surface area contributed by atoms with Crippen molar-refractivity contribution in [3.63, 3.8) is 0 Å². The molecule has 0 unspecified atom stereocenters. The molecule has 1 atom stereocenters. The minimum atomic E-state index is -3.11. The molecule has 4 rings (SSSR count). The zero-order chi connectivity index (χ0) is 25.5. The summed E-state index contributed by atoms with van der Waals surface area (Å²) in [6.07, 6.45) is -0.904. The van der Waals surface area contributed by atoms with Crippen LogP contribution >= 0.6 is 13.5 Å². The van der Waals surface area contributed by atoms with Gasteiger partial charge in [-0.15, -0.1) is 8.78 Å². The first kappa shape index (κ1) is 28.5. The van der Waals surface area contributed by atoms with E-state index in [0.29, 0.717) is 23.4 Å². The first-order valence-corrected chi connectivity index (χ1v) is 12.2. The number of carbonyl (C=O) groups is 3. The van der Waals surface area contributed by atoms with Crippen LogP contribution in [0.1, 0.15) is 49.5 Å². The lowest BCUT2D eigenvalue weighted by molar-refractivity contribution is -0.121. The van der Waals surface area contributed by atoms with Crippen LogP contribution in [0.2, 0.25) is 0 Å². The van der Waals surface area contributed by atoms with E-state index >= 15 is 0 Å². The topological polar surface area (TPSA) is 101 Å². The summed E-state index contributed by atoms with van der Waals surface area (Å²) >= 11 is 0. The van der Waals surface area contributed by atoms with Crippen LogP contribution in [0.4, 0.5) is 29.5 Å². The number of ketones is 1. The highest BCUT2D eigenvalue weighted by molar-refractivity contribution is 7.91. The highest BCUT2D eigenvalue weighted by Crippen LogP contribution is 2.45. The van der Waals surface area contributed by atoms with Crippen molar-refractivity contribution >= 4 is 52.8 Å². The Morgan fingerprint density at radius 1 is 1.14 bits per heavy atom. The molecule has 7 nitrogen and oxygen atoms in total. The Morgan fingerprint density at radius 3 is 2.29 bits per heavy atom. The number of fused-ring (bicyclic) bond motifs is 1. The van der Waals surface area contributed by atoms with Gasteiger partial charge in [-0.25, -0.2) is 22.6 Å². The minimum absolute atomic E-state index is 0. The number of amides is 1. The normalized spacial score (nSPS) is 21.4. The SMILES string of the molecule is CC1(C)C(=O)N(c2ccccc2F)c2ncc(C(=O)C[C@@]3(C)CCS(=O)(=O)C3)cc21.O=C(F)F.S. The van der Waals surface area contributed by atoms with E-state index in [2.05, 4.69) is 4.98 Å². The maximum absolute atomic E-state index is 14.4. The molecule has 0 N–H and O–H groups in total. The van der Waals surface area contributed by atoms with Gasteiger partial charge in [-0.05, 0) is 43.9 Å². The number of nitrogens with zero attached hydrogens (tertiary/aromatic N) is 2.